The number of rotatable bonds is 3. The summed E-state index contributed by atoms with van der Waals surface area (Å²) in [6.07, 6.45) is 0. The molecule has 4 N–H and O–H groups in total. The first kappa shape index (κ1) is 16.8. The zero-order chi connectivity index (χ0) is 16.0. The number of nitrogens with one attached hydrogen (secondary N) is 2. The molecule has 0 saturated heterocycles. The Morgan fingerprint density at radius 1 is 1.38 bits per heavy atom. The van der Waals surface area contributed by atoms with Crippen LogP contribution in [0.15, 0.2) is 35.6 Å². The molecule has 21 heavy (non-hydrogen) atoms. The van der Waals surface area contributed by atoms with Crippen LogP contribution in [-0.4, -0.2) is 25.2 Å². The van der Waals surface area contributed by atoms with Gasteiger partial charge >= 0.3 is 0 Å². The summed E-state index contributed by atoms with van der Waals surface area (Å²) in [6.45, 7) is 7.71. The number of aromatic amines is 1. The van der Waals surface area contributed by atoms with Crippen LogP contribution in [0.4, 0.5) is 0 Å². The average molecular weight is 289 g/mol. The van der Waals surface area contributed by atoms with E-state index in [-0.39, 0.29) is 5.43 Å². The molecular formula is C16H23N3O2. The van der Waals surface area contributed by atoms with E-state index in [0.29, 0.717) is 28.6 Å². The lowest BCUT2D eigenvalue weighted by Gasteiger charge is -2.07. The minimum atomic E-state index is -0.0344. The van der Waals surface area contributed by atoms with Crippen molar-refractivity contribution in [2.45, 2.75) is 19.9 Å². The lowest BCUT2D eigenvalue weighted by molar-refractivity contribution is 0.415. The SMILES string of the molecule is C=C(NC)c1cc(=O)c2ccc(OC)cc2[nH]1.CC(C)N. The summed E-state index contributed by atoms with van der Waals surface area (Å²) in [5.41, 5.74) is 7.17. The molecule has 0 saturated carbocycles. The van der Waals surface area contributed by atoms with Gasteiger partial charge in [-0.1, -0.05) is 20.4 Å². The summed E-state index contributed by atoms with van der Waals surface area (Å²) in [6, 6.07) is 7.18. The number of ether oxygens (including phenoxy) is 1. The van der Waals surface area contributed by atoms with Crippen LogP contribution in [0, 0.1) is 0 Å². The van der Waals surface area contributed by atoms with Crippen LogP contribution >= 0.6 is 0 Å². The Morgan fingerprint density at radius 2 is 2.00 bits per heavy atom. The van der Waals surface area contributed by atoms with Gasteiger partial charge in [0.05, 0.1) is 24.0 Å². The van der Waals surface area contributed by atoms with Gasteiger partial charge in [0, 0.05) is 24.6 Å². The van der Waals surface area contributed by atoms with E-state index in [9.17, 15) is 4.79 Å². The first-order valence-electron chi connectivity index (χ1n) is 6.72. The largest absolute Gasteiger partial charge is 0.497 e. The molecule has 5 heteroatoms. The normalized spacial score (nSPS) is 10.0. The van der Waals surface area contributed by atoms with Gasteiger partial charge < -0.3 is 20.8 Å². The van der Waals surface area contributed by atoms with Gasteiger partial charge in [0.1, 0.15) is 5.75 Å². The summed E-state index contributed by atoms with van der Waals surface area (Å²) in [5, 5.41) is 3.54. The topological polar surface area (TPSA) is 80.1 Å². The molecule has 0 atom stereocenters. The van der Waals surface area contributed by atoms with Crippen molar-refractivity contribution in [3.05, 3.63) is 46.8 Å². The van der Waals surface area contributed by atoms with Crippen molar-refractivity contribution >= 4 is 16.6 Å². The number of hydrogen-bond donors (Lipinski definition) is 3. The standard InChI is InChI=1S/C13H14N2O2.C3H9N/c1-8(14-2)11-7-13(16)10-5-4-9(17-3)6-12(10)15-11;1-3(2)4/h4-7,14H,1H2,2-3H3,(H,15,16);3H,4H2,1-2H3. The summed E-state index contributed by atoms with van der Waals surface area (Å²) >= 11 is 0. The van der Waals surface area contributed by atoms with Crippen molar-refractivity contribution in [1.82, 2.24) is 10.3 Å². The molecule has 0 aliphatic rings. The fraction of sp³-hybridized carbons (Fsp3) is 0.312. The number of nitrogens with two attached hydrogens (primary N) is 1. The van der Waals surface area contributed by atoms with E-state index in [4.69, 9.17) is 10.5 Å². The fourth-order valence-corrected chi connectivity index (χ4v) is 1.66. The van der Waals surface area contributed by atoms with E-state index in [1.54, 1.807) is 32.4 Å². The Kier molecular flexibility index (Phi) is 5.99. The molecule has 2 aromatic rings. The van der Waals surface area contributed by atoms with Gasteiger partial charge in [-0.15, -0.1) is 0 Å². The quantitative estimate of drug-likeness (QED) is 0.808. The molecule has 1 heterocycles. The molecule has 0 aliphatic heterocycles. The first-order valence-corrected chi connectivity index (χ1v) is 6.72. The summed E-state index contributed by atoms with van der Waals surface area (Å²) in [7, 11) is 3.35. The maximum absolute atomic E-state index is 11.9. The smallest absolute Gasteiger partial charge is 0.190 e. The van der Waals surface area contributed by atoms with Gasteiger partial charge in [-0.05, 0) is 18.2 Å². The molecule has 0 fully saturated rings. The van der Waals surface area contributed by atoms with Crippen LogP contribution in [0.5, 0.6) is 5.75 Å². The number of hydrogen-bond acceptors (Lipinski definition) is 4. The summed E-state index contributed by atoms with van der Waals surface area (Å²) in [4.78, 5) is 15.0. The molecule has 0 unspecified atom stereocenters. The van der Waals surface area contributed by atoms with E-state index in [2.05, 4.69) is 16.9 Å². The second-order valence-corrected chi connectivity index (χ2v) is 4.93. The van der Waals surface area contributed by atoms with Crippen molar-refractivity contribution in [2.24, 2.45) is 5.73 Å². The molecule has 1 aromatic heterocycles. The Labute approximate surface area is 124 Å². The molecule has 0 amide bonds. The number of fused-ring (bicyclic) bond motifs is 1. The zero-order valence-corrected chi connectivity index (χ0v) is 13.0. The van der Waals surface area contributed by atoms with Gasteiger partial charge in [-0.3, -0.25) is 4.79 Å². The maximum Gasteiger partial charge on any atom is 0.190 e. The predicted molar refractivity (Wildman–Crippen MR) is 88.5 cm³/mol. The lowest BCUT2D eigenvalue weighted by atomic mass is 10.1. The van der Waals surface area contributed by atoms with Crippen LogP contribution in [-0.2, 0) is 0 Å². The molecule has 0 spiro atoms. The number of H-pyrrole nitrogens is 1. The lowest BCUT2D eigenvalue weighted by Crippen LogP contribution is -2.10. The van der Waals surface area contributed by atoms with Crippen LogP contribution in [0.3, 0.4) is 0 Å². The third-order valence-corrected chi connectivity index (χ3v) is 2.66. The van der Waals surface area contributed by atoms with Gasteiger partial charge in [-0.2, -0.15) is 0 Å². The Bertz CT molecular complexity index is 672. The Morgan fingerprint density at radius 3 is 2.52 bits per heavy atom. The number of aromatic nitrogens is 1. The molecular weight excluding hydrogens is 266 g/mol. The van der Waals surface area contributed by atoms with Crippen LogP contribution in [0.25, 0.3) is 16.6 Å². The number of pyridine rings is 1. The number of methoxy groups -OCH3 is 1. The molecule has 114 valence electrons. The summed E-state index contributed by atoms with van der Waals surface area (Å²) < 4.78 is 5.13. The third kappa shape index (κ3) is 4.65. The Hall–Kier alpha value is -2.27. The monoisotopic (exact) mass is 289 g/mol. The molecule has 0 bridgehead atoms. The van der Waals surface area contributed by atoms with Crippen molar-refractivity contribution in [1.29, 1.82) is 0 Å². The van der Waals surface area contributed by atoms with E-state index in [1.165, 1.54) is 6.07 Å². The van der Waals surface area contributed by atoms with E-state index >= 15 is 0 Å². The van der Waals surface area contributed by atoms with Crippen molar-refractivity contribution in [3.8, 4) is 5.75 Å². The van der Waals surface area contributed by atoms with Crippen molar-refractivity contribution in [3.63, 3.8) is 0 Å². The fourth-order valence-electron chi connectivity index (χ4n) is 1.66. The first-order chi connectivity index (χ1) is 9.88. The van der Waals surface area contributed by atoms with Gasteiger partial charge in [0.25, 0.3) is 0 Å². The Balaban J connectivity index is 0.000000491. The second-order valence-electron chi connectivity index (χ2n) is 4.93. The maximum atomic E-state index is 11.9. The van der Waals surface area contributed by atoms with Gasteiger partial charge in [0.15, 0.2) is 5.43 Å². The van der Waals surface area contributed by atoms with E-state index in [0.717, 1.165) is 5.52 Å². The molecule has 0 aliphatic carbocycles. The summed E-state index contributed by atoms with van der Waals surface area (Å²) in [5.74, 6) is 0.709. The highest BCUT2D eigenvalue weighted by Gasteiger charge is 2.05. The van der Waals surface area contributed by atoms with E-state index in [1.807, 2.05) is 13.8 Å². The highest BCUT2D eigenvalue weighted by molar-refractivity contribution is 5.81. The molecule has 5 nitrogen and oxygen atoms in total. The number of benzene rings is 1. The minimum Gasteiger partial charge on any atom is -0.497 e. The van der Waals surface area contributed by atoms with Gasteiger partial charge in [0.2, 0.25) is 0 Å². The highest BCUT2D eigenvalue weighted by atomic mass is 16.5. The van der Waals surface area contributed by atoms with Crippen LogP contribution < -0.4 is 21.2 Å². The highest BCUT2D eigenvalue weighted by Crippen LogP contribution is 2.18. The average Bonchev–Trinajstić information content (AvgIpc) is 2.45. The van der Waals surface area contributed by atoms with Crippen LogP contribution in [0.2, 0.25) is 0 Å². The van der Waals surface area contributed by atoms with Crippen LogP contribution in [0.1, 0.15) is 19.5 Å². The molecule has 0 radical (unpaired) electrons. The van der Waals surface area contributed by atoms with E-state index < -0.39 is 0 Å². The predicted octanol–water partition coefficient (Wildman–Crippen LogP) is 2.08. The molecule has 1 aromatic carbocycles. The zero-order valence-electron chi connectivity index (χ0n) is 13.0. The van der Waals surface area contributed by atoms with Crippen molar-refractivity contribution in [2.75, 3.05) is 14.2 Å². The second kappa shape index (κ2) is 7.50. The molecule has 2 rings (SSSR count). The van der Waals surface area contributed by atoms with Gasteiger partial charge in [-0.25, -0.2) is 0 Å². The third-order valence-electron chi connectivity index (χ3n) is 2.66. The minimum absolute atomic E-state index is 0.0344. The van der Waals surface area contributed by atoms with Crippen molar-refractivity contribution < 1.29 is 4.74 Å².